The SMILES string of the molecule is C1=C(C2=NNC2)CC1. The van der Waals surface area contributed by atoms with Crippen LogP contribution >= 0.6 is 0 Å². The molecule has 0 spiro atoms. The van der Waals surface area contributed by atoms with Crippen LogP contribution in [0, 0.1) is 0 Å². The van der Waals surface area contributed by atoms with Gasteiger partial charge in [0.05, 0.1) is 12.3 Å². The van der Waals surface area contributed by atoms with Gasteiger partial charge in [0.15, 0.2) is 0 Å². The van der Waals surface area contributed by atoms with Crippen LogP contribution in [-0.4, -0.2) is 12.3 Å². The van der Waals surface area contributed by atoms with Crippen molar-refractivity contribution in [2.75, 3.05) is 6.54 Å². The van der Waals surface area contributed by atoms with Gasteiger partial charge in [-0.2, -0.15) is 5.10 Å². The van der Waals surface area contributed by atoms with E-state index in [0.29, 0.717) is 0 Å². The van der Waals surface area contributed by atoms with Crippen LogP contribution in [0.5, 0.6) is 0 Å². The molecule has 1 aliphatic heterocycles. The second kappa shape index (κ2) is 1.34. The van der Waals surface area contributed by atoms with E-state index >= 15 is 0 Å². The van der Waals surface area contributed by atoms with Crippen molar-refractivity contribution >= 4 is 5.71 Å². The van der Waals surface area contributed by atoms with Crippen molar-refractivity contribution < 1.29 is 0 Å². The van der Waals surface area contributed by atoms with Crippen molar-refractivity contribution in [2.24, 2.45) is 5.10 Å². The van der Waals surface area contributed by atoms with Gasteiger partial charge in [-0.3, -0.25) is 0 Å². The highest BCUT2D eigenvalue weighted by atomic mass is 15.3. The van der Waals surface area contributed by atoms with Crippen molar-refractivity contribution in [3.05, 3.63) is 11.6 Å². The minimum absolute atomic E-state index is 0.992. The fraction of sp³-hybridized carbons (Fsp3) is 0.500. The maximum atomic E-state index is 3.99. The van der Waals surface area contributed by atoms with Crippen molar-refractivity contribution in [2.45, 2.75) is 12.8 Å². The van der Waals surface area contributed by atoms with E-state index in [9.17, 15) is 0 Å². The fourth-order valence-corrected chi connectivity index (χ4v) is 0.894. The van der Waals surface area contributed by atoms with E-state index in [1.807, 2.05) is 0 Å². The molecule has 0 saturated heterocycles. The van der Waals surface area contributed by atoms with Crippen LogP contribution in [0.1, 0.15) is 12.8 Å². The molecule has 0 amide bonds. The zero-order valence-electron chi connectivity index (χ0n) is 4.65. The topological polar surface area (TPSA) is 24.4 Å². The molecule has 0 aromatic rings. The van der Waals surface area contributed by atoms with Crippen LogP contribution in [0.4, 0.5) is 0 Å². The molecule has 2 nitrogen and oxygen atoms in total. The summed E-state index contributed by atoms with van der Waals surface area (Å²) in [4.78, 5) is 0. The molecule has 8 heavy (non-hydrogen) atoms. The second-order valence-corrected chi connectivity index (χ2v) is 2.16. The van der Waals surface area contributed by atoms with Gasteiger partial charge in [0.2, 0.25) is 0 Å². The number of hydrogen-bond donors (Lipinski definition) is 1. The Morgan fingerprint density at radius 1 is 1.62 bits per heavy atom. The Morgan fingerprint density at radius 2 is 2.38 bits per heavy atom. The highest BCUT2D eigenvalue weighted by molar-refractivity contribution is 6.04. The highest BCUT2D eigenvalue weighted by Crippen LogP contribution is 2.20. The molecular formula is C6H8N2. The molecule has 0 aromatic heterocycles. The van der Waals surface area contributed by atoms with E-state index < -0.39 is 0 Å². The van der Waals surface area contributed by atoms with Gasteiger partial charge in [0.1, 0.15) is 0 Å². The van der Waals surface area contributed by atoms with E-state index in [2.05, 4.69) is 16.6 Å². The molecule has 2 rings (SSSR count). The summed E-state index contributed by atoms with van der Waals surface area (Å²) in [5, 5.41) is 3.99. The maximum absolute atomic E-state index is 3.99. The first-order chi connectivity index (χ1) is 3.97. The molecule has 2 aliphatic rings. The molecule has 0 fully saturated rings. The molecule has 1 heterocycles. The number of rotatable bonds is 1. The Bertz CT molecular complexity index is 147. The molecule has 0 aromatic carbocycles. The van der Waals surface area contributed by atoms with E-state index in [1.165, 1.54) is 24.1 Å². The summed E-state index contributed by atoms with van der Waals surface area (Å²) in [6.45, 7) is 0.992. The Morgan fingerprint density at radius 3 is 2.50 bits per heavy atom. The predicted octanol–water partition coefficient (Wildman–Crippen LogP) is 0.666. The minimum Gasteiger partial charge on any atom is -0.304 e. The summed E-state index contributed by atoms with van der Waals surface area (Å²) in [7, 11) is 0. The average Bonchev–Trinajstić information content (AvgIpc) is 1.47. The van der Waals surface area contributed by atoms with Crippen molar-refractivity contribution in [1.29, 1.82) is 0 Å². The maximum Gasteiger partial charge on any atom is 0.0839 e. The molecule has 1 aliphatic carbocycles. The lowest BCUT2D eigenvalue weighted by atomic mass is 9.94. The lowest BCUT2D eigenvalue weighted by Gasteiger charge is -2.21. The molecule has 0 atom stereocenters. The van der Waals surface area contributed by atoms with Crippen molar-refractivity contribution in [3.63, 3.8) is 0 Å². The molecule has 42 valence electrons. The van der Waals surface area contributed by atoms with Crippen molar-refractivity contribution in [1.82, 2.24) is 5.43 Å². The van der Waals surface area contributed by atoms with Gasteiger partial charge < -0.3 is 5.43 Å². The van der Waals surface area contributed by atoms with Gasteiger partial charge in [-0.1, -0.05) is 6.08 Å². The molecule has 1 N–H and O–H groups in total. The molecule has 0 bridgehead atoms. The zero-order chi connectivity index (χ0) is 5.40. The summed E-state index contributed by atoms with van der Waals surface area (Å²) in [6, 6.07) is 0. The number of nitrogens with zero attached hydrogens (tertiary/aromatic N) is 1. The van der Waals surface area contributed by atoms with Crippen LogP contribution in [0.3, 0.4) is 0 Å². The molecular weight excluding hydrogens is 100 g/mol. The Hall–Kier alpha value is -0.790. The minimum atomic E-state index is 0.992. The summed E-state index contributed by atoms with van der Waals surface area (Å²) >= 11 is 0. The standard InChI is InChI=1S/C6H8N2/c1-2-5(3-1)6-4-7-8-6/h2,7H,1,3-4H2. The molecule has 0 radical (unpaired) electrons. The Labute approximate surface area is 48.3 Å². The van der Waals surface area contributed by atoms with Crippen LogP contribution in [0.2, 0.25) is 0 Å². The third kappa shape index (κ3) is 0.399. The van der Waals surface area contributed by atoms with Crippen LogP contribution in [0.25, 0.3) is 0 Å². The van der Waals surface area contributed by atoms with Crippen molar-refractivity contribution in [3.8, 4) is 0 Å². The lowest BCUT2D eigenvalue weighted by molar-refractivity contribution is 0.752. The quantitative estimate of drug-likeness (QED) is 0.524. The first kappa shape index (κ1) is 4.13. The van der Waals surface area contributed by atoms with Gasteiger partial charge in [0, 0.05) is 0 Å². The largest absolute Gasteiger partial charge is 0.304 e. The summed E-state index contributed by atoms with van der Waals surface area (Å²) in [5.41, 5.74) is 5.59. The number of hydrogen-bond acceptors (Lipinski definition) is 2. The first-order valence-electron chi connectivity index (χ1n) is 2.95. The predicted molar refractivity (Wildman–Crippen MR) is 32.8 cm³/mol. The Balaban J connectivity index is 2.16. The summed E-state index contributed by atoms with van der Waals surface area (Å²) in [6.07, 6.45) is 4.76. The first-order valence-corrected chi connectivity index (χ1v) is 2.95. The van der Waals surface area contributed by atoms with Gasteiger partial charge in [0.25, 0.3) is 0 Å². The number of allylic oxidation sites excluding steroid dienone is 1. The van der Waals surface area contributed by atoms with Gasteiger partial charge >= 0.3 is 0 Å². The fourth-order valence-electron chi connectivity index (χ4n) is 0.894. The van der Waals surface area contributed by atoms with E-state index in [-0.39, 0.29) is 0 Å². The van der Waals surface area contributed by atoms with Crippen LogP contribution < -0.4 is 5.43 Å². The lowest BCUT2D eigenvalue weighted by Crippen LogP contribution is -2.33. The van der Waals surface area contributed by atoms with Gasteiger partial charge in [-0.15, -0.1) is 0 Å². The zero-order valence-corrected chi connectivity index (χ0v) is 4.65. The second-order valence-electron chi connectivity index (χ2n) is 2.16. The molecule has 0 saturated carbocycles. The molecule has 2 heteroatoms. The number of nitrogens with one attached hydrogen (secondary N) is 1. The number of hydrazone groups is 1. The third-order valence-electron chi connectivity index (χ3n) is 1.64. The molecule has 0 unspecified atom stereocenters. The van der Waals surface area contributed by atoms with Crippen LogP contribution in [-0.2, 0) is 0 Å². The van der Waals surface area contributed by atoms with E-state index in [0.717, 1.165) is 6.54 Å². The van der Waals surface area contributed by atoms with E-state index in [4.69, 9.17) is 0 Å². The Kier molecular flexibility index (Phi) is 0.692. The average molecular weight is 108 g/mol. The summed E-state index contributed by atoms with van der Waals surface area (Å²) < 4.78 is 0. The monoisotopic (exact) mass is 108 g/mol. The van der Waals surface area contributed by atoms with E-state index in [1.54, 1.807) is 0 Å². The third-order valence-corrected chi connectivity index (χ3v) is 1.64. The van der Waals surface area contributed by atoms with Gasteiger partial charge in [-0.25, -0.2) is 0 Å². The normalized spacial score (nSPS) is 24.0. The van der Waals surface area contributed by atoms with Crippen LogP contribution in [0.15, 0.2) is 16.8 Å². The van der Waals surface area contributed by atoms with Gasteiger partial charge in [-0.05, 0) is 18.4 Å². The highest BCUT2D eigenvalue weighted by Gasteiger charge is 2.16. The smallest absolute Gasteiger partial charge is 0.0839 e. The summed E-state index contributed by atoms with van der Waals surface area (Å²) in [5.74, 6) is 0.